The average molecular weight is 313 g/mol. The van der Waals surface area contributed by atoms with Crippen LogP contribution in [0.3, 0.4) is 0 Å². The molecule has 3 aromatic rings. The molecule has 0 aliphatic rings. The molecule has 0 bridgehead atoms. The molecule has 0 aliphatic heterocycles. The summed E-state index contributed by atoms with van der Waals surface area (Å²) >= 11 is 0. The Morgan fingerprint density at radius 2 is 1.91 bits per heavy atom. The van der Waals surface area contributed by atoms with Gasteiger partial charge in [-0.05, 0) is 48.2 Å². The highest BCUT2D eigenvalue weighted by atomic mass is 19.2. The second-order valence-electron chi connectivity index (χ2n) is 5.77. The molecule has 1 heterocycles. The summed E-state index contributed by atoms with van der Waals surface area (Å²) in [5.41, 5.74) is 3.39. The molecule has 0 spiro atoms. The normalized spacial score (nSPS) is 12.5. The van der Waals surface area contributed by atoms with Crippen LogP contribution in [0.15, 0.2) is 36.4 Å². The average Bonchev–Trinajstić information content (AvgIpc) is 2.94. The molecule has 3 rings (SSSR count). The maximum Gasteiger partial charge on any atom is 0.159 e. The van der Waals surface area contributed by atoms with E-state index in [4.69, 9.17) is 0 Å². The van der Waals surface area contributed by atoms with Crippen molar-refractivity contribution >= 4 is 17.2 Å². The van der Waals surface area contributed by atoms with E-state index in [1.807, 2.05) is 18.2 Å². The van der Waals surface area contributed by atoms with Crippen molar-refractivity contribution in [3.05, 3.63) is 59.2 Å². The van der Waals surface area contributed by atoms with Gasteiger partial charge in [0.25, 0.3) is 0 Å². The first-order valence-electron chi connectivity index (χ1n) is 7.61. The maximum atomic E-state index is 13.5. The number of aromatic amines is 1. The summed E-state index contributed by atoms with van der Waals surface area (Å²) in [5.74, 6) is -1.45. The van der Waals surface area contributed by atoms with E-state index in [1.54, 1.807) is 0 Å². The first-order chi connectivity index (χ1) is 11.0. The number of rotatable bonds is 4. The van der Waals surface area contributed by atoms with Gasteiger partial charge in [0.1, 0.15) is 0 Å². The Hall–Kier alpha value is -2.49. The van der Waals surface area contributed by atoms with Gasteiger partial charge in [0.05, 0.1) is 5.69 Å². The van der Waals surface area contributed by atoms with E-state index in [0.717, 1.165) is 41.3 Å². The highest BCUT2D eigenvalue weighted by Crippen LogP contribution is 2.32. The third-order valence-electron chi connectivity index (χ3n) is 4.37. The molecule has 23 heavy (non-hydrogen) atoms. The fourth-order valence-corrected chi connectivity index (χ4v) is 2.77. The van der Waals surface area contributed by atoms with Gasteiger partial charge >= 0.3 is 0 Å². The lowest BCUT2D eigenvalue weighted by molar-refractivity contribution is 0.112. The zero-order valence-electron chi connectivity index (χ0n) is 13.0. The van der Waals surface area contributed by atoms with Crippen LogP contribution in [0.2, 0.25) is 0 Å². The molecule has 4 heteroatoms. The quantitative estimate of drug-likeness (QED) is 0.639. The minimum Gasteiger partial charge on any atom is -0.354 e. The molecule has 2 aromatic carbocycles. The van der Waals surface area contributed by atoms with E-state index >= 15 is 0 Å². The summed E-state index contributed by atoms with van der Waals surface area (Å²) in [4.78, 5) is 14.7. The lowest BCUT2D eigenvalue weighted by Crippen LogP contribution is -1.91. The van der Waals surface area contributed by atoms with Gasteiger partial charge in [-0.15, -0.1) is 0 Å². The molecule has 1 N–H and O–H groups in total. The highest BCUT2D eigenvalue weighted by Gasteiger charge is 2.15. The number of aldehydes is 1. The lowest BCUT2D eigenvalue weighted by Gasteiger charge is -2.08. The minimum atomic E-state index is -0.932. The largest absolute Gasteiger partial charge is 0.354 e. The van der Waals surface area contributed by atoms with Gasteiger partial charge in [-0.3, -0.25) is 4.79 Å². The molecule has 1 aromatic heterocycles. The molecule has 2 nitrogen and oxygen atoms in total. The lowest BCUT2D eigenvalue weighted by atomic mass is 9.96. The SMILES string of the molecule is CCC(C)c1ccc2[nH]c(-c3ccc(F)c(F)c3)c(C=O)c2c1. The van der Waals surface area contributed by atoms with Crippen LogP contribution >= 0.6 is 0 Å². The topological polar surface area (TPSA) is 32.9 Å². The zero-order valence-corrected chi connectivity index (χ0v) is 13.0. The molecule has 0 aliphatic carbocycles. The molecule has 0 saturated carbocycles. The second-order valence-corrected chi connectivity index (χ2v) is 5.77. The number of fused-ring (bicyclic) bond motifs is 1. The summed E-state index contributed by atoms with van der Waals surface area (Å²) in [6.07, 6.45) is 1.76. The van der Waals surface area contributed by atoms with Crippen LogP contribution in [0.4, 0.5) is 8.78 Å². The van der Waals surface area contributed by atoms with E-state index in [2.05, 4.69) is 18.8 Å². The number of aromatic nitrogens is 1. The Bertz CT molecular complexity index is 882. The van der Waals surface area contributed by atoms with Gasteiger partial charge in [-0.25, -0.2) is 8.78 Å². The maximum absolute atomic E-state index is 13.5. The fourth-order valence-electron chi connectivity index (χ4n) is 2.77. The van der Waals surface area contributed by atoms with Gasteiger partial charge in [0.2, 0.25) is 0 Å². The number of H-pyrrole nitrogens is 1. The number of hydrogen-bond donors (Lipinski definition) is 1. The fraction of sp³-hybridized carbons (Fsp3) is 0.211. The summed E-state index contributed by atoms with van der Waals surface area (Å²) in [6, 6.07) is 9.57. The Morgan fingerprint density at radius 1 is 1.13 bits per heavy atom. The van der Waals surface area contributed by atoms with E-state index < -0.39 is 11.6 Å². The number of benzene rings is 2. The molecule has 0 radical (unpaired) electrons. The third-order valence-corrected chi connectivity index (χ3v) is 4.37. The Kier molecular flexibility index (Phi) is 3.99. The van der Waals surface area contributed by atoms with Crippen LogP contribution in [-0.4, -0.2) is 11.3 Å². The highest BCUT2D eigenvalue weighted by molar-refractivity contribution is 6.04. The van der Waals surface area contributed by atoms with Crippen molar-refractivity contribution in [2.24, 2.45) is 0 Å². The predicted octanol–water partition coefficient (Wildman–Crippen LogP) is 5.44. The van der Waals surface area contributed by atoms with Crippen LogP contribution in [0.5, 0.6) is 0 Å². The smallest absolute Gasteiger partial charge is 0.159 e. The Morgan fingerprint density at radius 3 is 2.57 bits per heavy atom. The Balaban J connectivity index is 2.21. The second kappa shape index (κ2) is 5.95. The molecule has 1 atom stereocenters. The number of hydrogen-bond acceptors (Lipinski definition) is 1. The molecule has 0 fully saturated rings. The molecule has 0 saturated heterocycles. The summed E-state index contributed by atoms with van der Waals surface area (Å²) in [6.45, 7) is 4.24. The van der Waals surface area contributed by atoms with E-state index in [0.29, 0.717) is 22.7 Å². The predicted molar refractivity (Wildman–Crippen MR) is 87.7 cm³/mol. The van der Waals surface area contributed by atoms with Crippen LogP contribution in [0.1, 0.15) is 42.1 Å². The molecular weight excluding hydrogens is 296 g/mol. The number of carbonyl (C=O) groups excluding carboxylic acids is 1. The van der Waals surface area contributed by atoms with Gasteiger partial charge in [0, 0.05) is 22.0 Å². The third kappa shape index (κ3) is 2.65. The van der Waals surface area contributed by atoms with E-state index in [-0.39, 0.29) is 0 Å². The van der Waals surface area contributed by atoms with Crippen LogP contribution in [0, 0.1) is 11.6 Å². The van der Waals surface area contributed by atoms with Crippen LogP contribution in [-0.2, 0) is 0 Å². The van der Waals surface area contributed by atoms with Gasteiger partial charge in [0.15, 0.2) is 17.9 Å². The van der Waals surface area contributed by atoms with Crippen molar-refractivity contribution < 1.29 is 13.6 Å². The number of halogens is 2. The van der Waals surface area contributed by atoms with E-state index in [1.165, 1.54) is 6.07 Å². The van der Waals surface area contributed by atoms with Crippen molar-refractivity contribution in [3.8, 4) is 11.3 Å². The number of nitrogens with one attached hydrogen (secondary N) is 1. The van der Waals surface area contributed by atoms with Crippen molar-refractivity contribution in [1.82, 2.24) is 4.98 Å². The van der Waals surface area contributed by atoms with Crippen LogP contribution < -0.4 is 0 Å². The first-order valence-corrected chi connectivity index (χ1v) is 7.61. The molecule has 0 amide bonds. The first kappa shape index (κ1) is 15.4. The molecule has 118 valence electrons. The molecule has 1 unspecified atom stereocenters. The number of carbonyl (C=O) groups is 1. The monoisotopic (exact) mass is 313 g/mol. The standard InChI is InChI=1S/C19H17F2NO/c1-3-11(2)12-5-7-18-14(8-12)15(10-23)19(22-18)13-4-6-16(20)17(21)9-13/h4-11,22H,3H2,1-2H3. The van der Waals surface area contributed by atoms with Crippen molar-refractivity contribution in [1.29, 1.82) is 0 Å². The van der Waals surface area contributed by atoms with Crippen molar-refractivity contribution in [2.75, 3.05) is 0 Å². The Labute approximate surface area is 133 Å². The molecular formula is C19H17F2NO. The van der Waals surface area contributed by atoms with Crippen molar-refractivity contribution in [2.45, 2.75) is 26.2 Å². The van der Waals surface area contributed by atoms with Crippen molar-refractivity contribution in [3.63, 3.8) is 0 Å². The zero-order chi connectivity index (χ0) is 16.6. The summed E-state index contributed by atoms with van der Waals surface area (Å²) < 4.78 is 26.6. The summed E-state index contributed by atoms with van der Waals surface area (Å²) in [7, 11) is 0. The van der Waals surface area contributed by atoms with E-state index in [9.17, 15) is 13.6 Å². The summed E-state index contributed by atoms with van der Waals surface area (Å²) in [5, 5.41) is 0.803. The van der Waals surface area contributed by atoms with Gasteiger partial charge in [-0.1, -0.05) is 19.9 Å². The van der Waals surface area contributed by atoms with Gasteiger partial charge in [-0.2, -0.15) is 0 Å². The van der Waals surface area contributed by atoms with Gasteiger partial charge < -0.3 is 4.98 Å². The minimum absolute atomic E-state index is 0.389. The van der Waals surface area contributed by atoms with Crippen LogP contribution in [0.25, 0.3) is 22.2 Å².